The third-order valence-corrected chi connectivity index (χ3v) is 4.68. The predicted octanol–water partition coefficient (Wildman–Crippen LogP) is 4.94. The summed E-state index contributed by atoms with van der Waals surface area (Å²) in [4.78, 5) is 0. The monoisotopic (exact) mass is 272 g/mol. The van der Waals surface area contributed by atoms with Crippen molar-refractivity contribution in [3.8, 4) is 0 Å². The molecule has 0 amide bonds. The standard InChI is InChI=1S/C15H19ClF2/c1-15(2)8-4-6-11(15)12(16)9-10-5-3-7-13(17)14(10)18/h3,5,7,11-12H,4,6,8-9H2,1-2H3. The molecule has 1 aliphatic rings. The van der Waals surface area contributed by atoms with Crippen molar-refractivity contribution in [2.45, 2.75) is 44.9 Å². The van der Waals surface area contributed by atoms with E-state index in [0.29, 0.717) is 17.9 Å². The third-order valence-electron chi connectivity index (χ3n) is 4.22. The van der Waals surface area contributed by atoms with Crippen LogP contribution in [-0.2, 0) is 6.42 Å². The summed E-state index contributed by atoms with van der Waals surface area (Å²) in [5, 5.41) is -0.126. The summed E-state index contributed by atoms with van der Waals surface area (Å²) in [6, 6.07) is 4.30. The molecule has 0 spiro atoms. The largest absolute Gasteiger partial charge is 0.204 e. The molecule has 1 aromatic carbocycles. The lowest BCUT2D eigenvalue weighted by molar-refractivity contribution is 0.249. The van der Waals surface area contributed by atoms with Gasteiger partial charge in [-0.05, 0) is 42.2 Å². The molecule has 2 rings (SSSR count). The zero-order chi connectivity index (χ0) is 13.3. The molecule has 0 heterocycles. The van der Waals surface area contributed by atoms with Crippen LogP contribution in [0, 0.1) is 23.0 Å². The van der Waals surface area contributed by atoms with Gasteiger partial charge >= 0.3 is 0 Å². The van der Waals surface area contributed by atoms with Crippen molar-refractivity contribution >= 4 is 11.6 Å². The summed E-state index contributed by atoms with van der Waals surface area (Å²) in [5.74, 6) is -1.16. The first kappa shape index (κ1) is 13.8. The van der Waals surface area contributed by atoms with Gasteiger partial charge in [-0.25, -0.2) is 8.78 Å². The van der Waals surface area contributed by atoms with Crippen LogP contribution in [0.2, 0.25) is 0 Å². The lowest BCUT2D eigenvalue weighted by Gasteiger charge is -2.31. The first-order valence-electron chi connectivity index (χ1n) is 6.49. The molecule has 1 aromatic rings. The van der Waals surface area contributed by atoms with Crippen molar-refractivity contribution < 1.29 is 8.78 Å². The SMILES string of the molecule is CC1(C)CCCC1C(Cl)Cc1cccc(F)c1F. The van der Waals surface area contributed by atoms with Crippen LogP contribution in [0.5, 0.6) is 0 Å². The fourth-order valence-electron chi connectivity index (χ4n) is 3.08. The topological polar surface area (TPSA) is 0 Å². The van der Waals surface area contributed by atoms with Gasteiger partial charge in [0.15, 0.2) is 11.6 Å². The maximum absolute atomic E-state index is 13.6. The number of halogens is 3. The normalized spacial score (nSPS) is 24.2. The van der Waals surface area contributed by atoms with E-state index >= 15 is 0 Å². The summed E-state index contributed by atoms with van der Waals surface area (Å²) in [6.45, 7) is 4.42. The van der Waals surface area contributed by atoms with Crippen LogP contribution in [0.1, 0.15) is 38.7 Å². The summed E-state index contributed by atoms with van der Waals surface area (Å²) in [7, 11) is 0. The number of benzene rings is 1. The van der Waals surface area contributed by atoms with Crippen molar-refractivity contribution in [2.75, 3.05) is 0 Å². The quantitative estimate of drug-likeness (QED) is 0.684. The second-order valence-corrected chi connectivity index (χ2v) is 6.48. The maximum atomic E-state index is 13.6. The Morgan fingerprint density at radius 1 is 1.39 bits per heavy atom. The zero-order valence-electron chi connectivity index (χ0n) is 10.8. The van der Waals surface area contributed by atoms with E-state index in [1.807, 2.05) is 0 Å². The van der Waals surface area contributed by atoms with Crippen LogP contribution in [0.3, 0.4) is 0 Å². The summed E-state index contributed by atoms with van der Waals surface area (Å²) >= 11 is 6.44. The molecule has 0 nitrogen and oxygen atoms in total. The molecular weight excluding hydrogens is 254 g/mol. The van der Waals surface area contributed by atoms with Gasteiger partial charge in [-0.3, -0.25) is 0 Å². The number of alkyl halides is 1. The lowest BCUT2D eigenvalue weighted by atomic mass is 9.78. The Labute approximate surface area is 112 Å². The first-order chi connectivity index (χ1) is 8.42. The minimum atomic E-state index is -0.790. The van der Waals surface area contributed by atoms with E-state index in [9.17, 15) is 8.78 Å². The van der Waals surface area contributed by atoms with Gasteiger partial charge in [0.1, 0.15) is 0 Å². The molecule has 3 heteroatoms. The van der Waals surface area contributed by atoms with Gasteiger partial charge in [-0.2, -0.15) is 0 Å². The fourth-order valence-corrected chi connectivity index (χ4v) is 3.72. The Morgan fingerprint density at radius 2 is 2.11 bits per heavy atom. The van der Waals surface area contributed by atoms with E-state index in [-0.39, 0.29) is 10.8 Å². The lowest BCUT2D eigenvalue weighted by Crippen LogP contribution is -2.27. The Kier molecular flexibility index (Phi) is 3.96. The molecule has 0 bridgehead atoms. The van der Waals surface area contributed by atoms with Crippen LogP contribution in [-0.4, -0.2) is 5.38 Å². The van der Waals surface area contributed by atoms with Crippen LogP contribution in [0.25, 0.3) is 0 Å². The highest BCUT2D eigenvalue weighted by molar-refractivity contribution is 6.21. The zero-order valence-corrected chi connectivity index (χ0v) is 11.6. The van der Waals surface area contributed by atoms with Gasteiger partial charge in [0.2, 0.25) is 0 Å². The van der Waals surface area contributed by atoms with E-state index in [1.54, 1.807) is 6.07 Å². The molecule has 1 aliphatic carbocycles. The van der Waals surface area contributed by atoms with Gasteiger partial charge in [-0.15, -0.1) is 11.6 Å². The van der Waals surface area contributed by atoms with E-state index in [4.69, 9.17) is 11.6 Å². The van der Waals surface area contributed by atoms with Gasteiger partial charge in [0, 0.05) is 5.38 Å². The second-order valence-electron chi connectivity index (χ2n) is 5.92. The highest BCUT2D eigenvalue weighted by Gasteiger charge is 2.38. The molecule has 0 radical (unpaired) electrons. The molecule has 100 valence electrons. The Morgan fingerprint density at radius 3 is 2.72 bits per heavy atom. The smallest absolute Gasteiger partial charge is 0.162 e. The van der Waals surface area contributed by atoms with Gasteiger partial charge in [0.25, 0.3) is 0 Å². The summed E-state index contributed by atoms with van der Waals surface area (Å²) < 4.78 is 26.7. The van der Waals surface area contributed by atoms with Crippen molar-refractivity contribution in [3.05, 3.63) is 35.4 Å². The summed E-state index contributed by atoms with van der Waals surface area (Å²) in [5.41, 5.74) is 0.591. The molecule has 2 unspecified atom stereocenters. The van der Waals surface area contributed by atoms with E-state index in [0.717, 1.165) is 18.9 Å². The molecule has 0 aliphatic heterocycles. The Balaban J connectivity index is 2.12. The van der Waals surface area contributed by atoms with Gasteiger partial charge < -0.3 is 0 Å². The highest BCUT2D eigenvalue weighted by Crippen LogP contribution is 2.46. The van der Waals surface area contributed by atoms with Crippen LogP contribution < -0.4 is 0 Å². The molecule has 2 atom stereocenters. The van der Waals surface area contributed by atoms with Gasteiger partial charge in [-0.1, -0.05) is 32.4 Å². The fraction of sp³-hybridized carbons (Fsp3) is 0.600. The first-order valence-corrected chi connectivity index (χ1v) is 6.92. The van der Waals surface area contributed by atoms with E-state index in [1.165, 1.54) is 12.5 Å². The molecule has 1 fully saturated rings. The van der Waals surface area contributed by atoms with E-state index < -0.39 is 11.6 Å². The highest BCUT2D eigenvalue weighted by atomic mass is 35.5. The molecule has 1 saturated carbocycles. The molecule has 18 heavy (non-hydrogen) atoms. The number of hydrogen-bond donors (Lipinski definition) is 0. The third kappa shape index (κ3) is 2.69. The van der Waals surface area contributed by atoms with Crippen molar-refractivity contribution in [1.29, 1.82) is 0 Å². The molecule has 0 saturated heterocycles. The predicted molar refractivity (Wildman–Crippen MR) is 70.8 cm³/mol. The van der Waals surface area contributed by atoms with Crippen molar-refractivity contribution in [2.24, 2.45) is 11.3 Å². The number of hydrogen-bond acceptors (Lipinski definition) is 0. The Bertz CT molecular complexity index is 429. The molecule has 0 aromatic heterocycles. The van der Waals surface area contributed by atoms with Crippen molar-refractivity contribution in [3.63, 3.8) is 0 Å². The average Bonchev–Trinajstić information content (AvgIpc) is 2.65. The average molecular weight is 273 g/mol. The molecular formula is C15H19ClF2. The molecule has 0 N–H and O–H groups in total. The maximum Gasteiger partial charge on any atom is 0.162 e. The Hall–Kier alpha value is -0.630. The minimum Gasteiger partial charge on any atom is -0.204 e. The van der Waals surface area contributed by atoms with Crippen molar-refractivity contribution in [1.82, 2.24) is 0 Å². The van der Waals surface area contributed by atoms with Crippen LogP contribution in [0.15, 0.2) is 18.2 Å². The van der Waals surface area contributed by atoms with Crippen LogP contribution >= 0.6 is 11.6 Å². The van der Waals surface area contributed by atoms with Gasteiger partial charge in [0.05, 0.1) is 0 Å². The van der Waals surface area contributed by atoms with E-state index in [2.05, 4.69) is 13.8 Å². The summed E-state index contributed by atoms with van der Waals surface area (Å²) in [6.07, 6.45) is 3.82. The second kappa shape index (κ2) is 5.16. The minimum absolute atomic E-state index is 0.126. The van der Waals surface area contributed by atoms with Crippen LogP contribution in [0.4, 0.5) is 8.78 Å². The number of rotatable bonds is 3.